The molecule has 0 bridgehead atoms. The number of hydrogen-bond acceptors (Lipinski definition) is 4. The highest BCUT2D eigenvalue weighted by Crippen LogP contribution is 2.19. The summed E-state index contributed by atoms with van der Waals surface area (Å²) in [7, 11) is 0. The first-order chi connectivity index (χ1) is 9.36. The first-order valence-corrected chi connectivity index (χ1v) is 6.61. The molecule has 19 heavy (non-hydrogen) atoms. The van der Waals surface area contributed by atoms with Gasteiger partial charge in [-0.05, 0) is 30.2 Å². The normalized spacial score (nSPS) is 19.9. The Labute approximate surface area is 112 Å². The molecule has 1 N–H and O–H groups in total. The molecule has 0 fully saturated rings. The van der Waals surface area contributed by atoms with Gasteiger partial charge in [0.05, 0.1) is 12.3 Å². The minimum Gasteiger partial charge on any atom is -0.395 e. The number of aryl methyl sites for hydroxylation is 1. The quantitative estimate of drug-likeness (QED) is 0.894. The van der Waals surface area contributed by atoms with Crippen molar-refractivity contribution in [1.82, 2.24) is 19.7 Å². The number of rotatable bonds is 3. The van der Waals surface area contributed by atoms with Gasteiger partial charge in [-0.1, -0.05) is 0 Å². The van der Waals surface area contributed by atoms with Crippen LogP contribution in [0.15, 0.2) is 36.8 Å². The van der Waals surface area contributed by atoms with Crippen molar-refractivity contribution >= 4 is 0 Å². The van der Waals surface area contributed by atoms with Gasteiger partial charge < -0.3 is 5.11 Å². The Hall–Kier alpha value is -1.72. The zero-order chi connectivity index (χ0) is 13.1. The van der Waals surface area contributed by atoms with Crippen molar-refractivity contribution in [2.24, 2.45) is 0 Å². The molecule has 0 amide bonds. The molecule has 1 aliphatic heterocycles. The van der Waals surface area contributed by atoms with Gasteiger partial charge in [0.2, 0.25) is 0 Å². The van der Waals surface area contributed by atoms with E-state index in [1.165, 1.54) is 11.3 Å². The molecule has 0 aromatic carbocycles. The van der Waals surface area contributed by atoms with Crippen molar-refractivity contribution < 1.29 is 5.11 Å². The van der Waals surface area contributed by atoms with Crippen molar-refractivity contribution in [3.05, 3.63) is 48.0 Å². The van der Waals surface area contributed by atoms with Crippen molar-refractivity contribution in [3.8, 4) is 0 Å². The zero-order valence-electron chi connectivity index (χ0n) is 10.8. The maximum absolute atomic E-state index is 9.60. The molecule has 5 heteroatoms. The van der Waals surface area contributed by atoms with Crippen molar-refractivity contribution in [2.75, 3.05) is 6.61 Å². The predicted molar refractivity (Wildman–Crippen MR) is 71.2 cm³/mol. The molecule has 0 radical (unpaired) electrons. The summed E-state index contributed by atoms with van der Waals surface area (Å²) in [6, 6.07) is 6.29. The second kappa shape index (κ2) is 5.50. The van der Waals surface area contributed by atoms with Crippen LogP contribution in [0.1, 0.15) is 17.7 Å². The number of fused-ring (bicyclic) bond motifs is 1. The molecule has 1 atom stereocenters. The number of pyridine rings is 1. The Bertz CT molecular complexity index is 525. The van der Waals surface area contributed by atoms with Crippen LogP contribution in [-0.2, 0) is 19.6 Å². The Kier molecular flexibility index (Phi) is 3.57. The van der Waals surface area contributed by atoms with E-state index in [4.69, 9.17) is 0 Å². The van der Waals surface area contributed by atoms with E-state index in [9.17, 15) is 5.11 Å². The summed E-state index contributed by atoms with van der Waals surface area (Å²) in [4.78, 5) is 6.36. The van der Waals surface area contributed by atoms with Crippen LogP contribution in [0, 0.1) is 0 Å². The monoisotopic (exact) mass is 258 g/mol. The number of aliphatic hydroxyl groups is 1. The molecular weight excluding hydrogens is 240 g/mol. The second-order valence-corrected chi connectivity index (χ2v) is 4.93. The fourth-order valence-corrected chi connectivity index (χ4v) is 2.60. The summed E-state index contributed by atoms with van der Waals surface area (Å²) < 4.78 is 2.04. The summed E-state index contributed by atoms with van der Waals surface area (Å²) in [6.45, 7) is 2.72. The Morgan fingerprint density at radius 3 is 2.84 bits per heavy atom. The molecule has 1 aliphatic rings. The van der Waals surface area contributed by atoms with Crippen molar-refractivity contribution in [2.45, 2.75) is 32.1 Å². The highest BCUT2D eigenvalue weighted by molar-refractivity contribution is 5.11. The van der Waals surface area contributed by atoms with E-state index in [-0.39, 0.29) is 12.6 Å². The SMILES string of the molecule is OC[C@H]1CCn2nccc2CN1Cc1ccncc1. The molecule has 2 aromatic rings. The average molecular weight is 258 g/mol. The molecule has 0 saturated heterocycles. The topological polar surface area (TPSA) is 54.2 Å². The molecular formula is C14H18N4O. The van der Waals surface area contributed by atoms with Gasteiger partial charge in [0.1, 0.15) is 0 Å². The van der Waals surface area contributed by atoms with Crippen LogP contribution in [0.2, 0.25) is 0 Å². The fourth-order valence-electron chi connectivity index (χ4n) is 2.60. The number of hydrogen-bond donors (Lipinski definition) is 1. The third kappa shape index (κ3) is 2.67. The van der Waals surface area contributed by atoms with Gasteiger partial charge in [0, 0.05) is 44.3 Å². The predicted octanol–water partition coefficient (Wildman–Crippen LogP) is 1.04. The number of nitrogens with zero attached hydrogens (tertiary/aromatic N) is 4. The van der Waals surface area contributed by atoms with E-state index >= 15 is 0 Å². The standard InChI is InChI=1S/C14H18N4O/c19-11-14-4-8-18-13(3-7-16-18)10-17(14)9-12-1-5-15-6-2-12/h1-3,5-7,14,19H,4,8-11H2/t14-/m1/s1. The summed E-state index contributed by atoms with van der Waals surface area (Å²) >= 11 is 0. The smallest absolute Gasteiger partial charge is 0.0587 e. The van der Waals surface area contributed by atoms with E-state index < -0.39 is 0 Å². The van der Waals surface area contributed by atoms with Crippen LogP contribution in [0.4, 0.5) is 0 Å². The van der Waals surface area contributed by atoms with Crippen LogP contribution in [0.25, 0.3) is 0 Å². The highest BCUT2D eigenvalue weighted by atomic mass is 16.3. The van der Waals surface area contributed by atoms with Crippen molar-refractivity contribution in [1.29, 1.82) is 0 Å². The lowest BCUT2D eigenvalue weighted by molar-refractivity contribution is 0.108. The minimum atomic E-state index is 0.190. The lowest BCUT2D eigenvalue weighted by atomic mass is 10.1. The maximum Gasteiger partial charge on any atom is 0.0587 e. The third-order valence-corrected chi connectivity index (χ3v) is 3.71. The Morgan fingerprint density at radius 2 is 2.05 bits per heavy atom. The largest absolute Gasteiger partial charge is 0.395 e. The van der Waals surface area contributed by atoms with E-state index in [2.05, 4.69) is 21.0 Å². The summed E-state index contributed by atoms with van der Waals surface area (Å²) in [5, 5.41) is 13.9. The maximum atomic E-state index is 9.60. The van der Waals surface area contributed by atoms with E-state index in [0.717, 1.165) is 26.1 Å². The molecule has 0 aliphatic carbocycles. The third-order valence-electron chi connectivity index (χ3n) is 3.71. The van der Waals surface area contributed by atoms with Gasteiger partial charge in [-0.2, -0.15) is 5.10 Å². The van der Waals surface area contributed by atoms with Crippen molar-refractivity contribution in [3.63, 3.8) is 0 Å². The molecule has 2 aromatic heterocycles. The Balaban J connectivity index is 1.81. The van der Waals surface area contributed by atoms with Gasteiger partial charge in [0.15, 0.2) is 0 Å². The van der Waals surface area contributed by atoms with Crippen LogP contribution in [0.5, 0.6) is 0 Å². The van der Waals surface area contributed by atoms with Crippen LogP contribution < -0.4 is 0 Å². The summed E-state index contributed by atoms with van der Waals surface area (Å²) in [5.74, 6) is 0. The minimum absolute atomic E-state index is 0.190. The average Bonchev–Trinajstić information content (AvgIpc) is 2.81. The fraction of sp³-hybridized carbons (Fsp3) is 0.429. The first-order valence-electron chi connectivity index (χ1n) is 6.61. The summed E-state index contributed by atoms with van der Waals surface area (Å²) in [6.07, 6.45) is 6.40. The molecule has 0 unspecified atom stereocenters. The number of aliphatic hydroxyl groups excluding tert-OH is 1. The first kappa shape index (κ1) is 12.3. The summed E-state index contributed by atoms with van der Waals surface area (Å²) in [5.41, 5.74) is 2.44. The van der Waals surface area contributed by atoms with Gasteiger partial charge in [-0.3, -0.25) is 14.6 Å². The lowest BCUT2D eigenvalue weighted by Crippen LogP contribution is -2.36. The van der Waals surface area contributed by atoms with Crippen LogP contribution >= 0.6 is 0 Å². The van der Waals surface area contributed by atoms with Gasteiger partial charge in [-0.25, -0.2) is 0 Å². The van der Waals surface area contributed by atoms with E-state index in [1.54, 1.807) is 0 Å². The molecule has 0 spiro atoms. The molecule has 3 rings (SSSR count). The van der Waals surface area contributed by atoms with E-state index in [0.29, 0.717) is 0 Å². The van der Waals surface area contributed by atoms with Gasteiger partial charge in [-0.15, -0.1) is 0 Å². The number of aromatic nitrogens is 3. The second-order valence-electron chi connectivity index (χ2n) is 4.93. The molecule has 100 valence electrons. The van der Waals surface area contributed by atoms with E-state index in [1.807, 2.05) is 35.4 Å². The van der Waals surface area contributed by atoms with Crippen LogP contribution in [0.3, 0.4) is 0 Å². The van der Waals surface area contributed by atoms with Crippen LogP contribution in [-0.4, -0.2) is 37.4 Å². The molecule has 3 heterocycles. The lowest BCUT2D eigenvalue weighted by Gasteiger charge is -2.27. The highest BCUT2D eigenvalue weighted by Gasteiger charge is 2.23. The molecule has 0 saturated carbocycles. The molecule has 5 nitrogen and oxygen atoms in total. The Morgan fingerprint density at radius 1 is 1.21 bits per heavy atom. The zero-order valence-corrected chi connectivity index (χ0v) is 10.8. The van der Waals surface area contributed by atoms with Gasteiger partial charge >= 0.3 is 0 Å². The van der Waals surface area contributed by atoms with Gasteiger partial charge in [0.25, 0.3) is 0 Å².